The number of hydrogen-bond acceptors (Lipinski definition) is 5. The first kappa shape index (κ1) is 14.1. The van der Waals surface area contributed by atoms with E-state index in [0.29, 0.717) is 18.0 Å². The molecule has 1 aromatic rings. The summed E-state index contributed by atoms with van der Waals surface area (Å²) in [6.07, 6.45) is 0.228. The molecule has 0 saturated carbocycles. The number of benzene rings is 1. The van der Waals surface area contributed by atoms with Crippen molar-refractivity contribution in [2.24, 2.45) is 0 Å². The summed E-state index contributed by atoms with van der Waals surface area (Å²) >= 11 is 0. The third kappa shape index (κ3) is 2.53. The molecule has 0 aromatic heterocycles. The summed E-state index contributed by atoms with van der Waals surface area (Å²) < 4.78 is 10.2. The van der Waals surface area contributed by atoms with Crippen LogP contribution in [0.2, 0.25) is 0 Å². The Morgan fingerprint density at radius 3 is 2.80 bits per heavy atom. The van der Waals surface area contributed by atoms with Gasteiger partial charge in [0, 0.05) is 24.8 Å². The summed E-state index contributed by atoms with van der Waals surface area (Å²) in [6.45, 7) is 0.247. The standard InChI is InChI=1S/C13H16N2O5/c1-19-10-6-8(14)2-3-9(10)11(16)15-13(12(17)18)4-5-20-7-13/h2-3,6H,4-5,7,14H2,1H3,(H,15,16)(H,17,18). The maximum atomic E-state index is 12.3. The molecule has 20 heavy (non-hydrogen) atoms. The van der Waals surface area contributed by atoms with Gasteiger partial charge in [-0.3, -0.25) is 4.79 Å². The van der Waals surface area contributed by atoms with E-state index >= 15 is 0 Å². The van der Waals surface area contributed by atoms with E-state index in [4.69, 9.17) is 15.2 Å². The van der Waals surface area contributed by atoms with Crippen molar-refractivity contribution in [3.8, 4) is 5.75 Å². The number of carbonyl (C=O) groups excluding carboxylic acids is 1. The molecule has 1 aliphatic heterocycles. The van der Waals surface area contributed by atoms with Gasteiger partial charge in [0.25, 0.3) is 5.91 Å². The lowest BCUT2D eigenvalue weighted by molar-refractivity contribution is -0.144. The second-order valence-electron chi connectivity index (χ2n) is 4.60. The van der Waals surface area contributed by atoms with Gasteiger partial charge in [-0.1, -0.05) is 0 Å². The highest BCUT2D eigenvalue weighted by Crippen LogP contribution is 2.24. The van der Waals surface area contributed by atoms with Crippen molar-refractivity contribution in [1.82, 2.24) is 5.32 Å². The number of methoxy groups -OCH3 is 1. The number of nitrogen functional groups attached to an aromatic ring is 1. The van der Waals surface area contributed by atoms with Gasteiger partial charge in [0.1, 0.15) is 5.75 Å². The number of carboxylic acid groups (broad SMARTS) is 1. The SMILES string of the molecule is COc1cc(N)ccc1C(=O)NC1(C(=O)O)CCOC1. The van der Waals surface area contributed by atoms with Crippen molar-refractivity contribution in [1.29, 1.82) is 0 Å². The fraction of sp³-hybridized carbons (Fsp3) is 0.385. The number of aliphatic carboxylic acids is 1. The number of amides is 1. The summed E-state index contributed by atoms with van der Waals surface area (Å²) in [7, 11) is 1.41. The van der Waals surface area contributed by atoms with Crippen molar-refractivity contribution in [2.45, 2.75) is 12.0 Å². The Labute approximate surface area is 115 Å². The van der Waals surface area contributed by atoms with Crippen LogP contribution in [0.25, 0.3) is 0 Å². The molecule has 0 bridgehead atoms. The average Bonchev–Trinajstić information content (AvgIpc) is 2.88. The van der Waals surface area contributed by atoms with E-state index in [-0.39, 0.29) is 18.6 Å². The quantitative estimate of drug-likeness (QED) is 0.682. The number of carboxylic acids is 1. The lowest BCUT2D eigenvalue weighted by Gasteiger charge is -2.24. The van der Waals surface area contributed by atoms with Gasteiger partial charge in [-0.15, -0.1) is 0 Å². The Morgan fingerprint density at radius 1 is 1.50 bits per heavy atom. The van der Waals surface area contributed by atoms with Crippen LogP contribution < -0.4 is 15.8 Å². The van der Waals surface area contributed by atoms with Gasteiger partial charge in [0.2, 0.25) is 0 Å². The molecule has 4 N–H and O–H groups in total. The van der Waals surface area contributed by atoms with Gasteiger partial charge in [0.05, 0.1) is 19.3 Å². The molecule has 0 radical (unpaired) electrons. The fourth-order valence-corrected chi connectivity index (χ4v) is 2.07. The zero-order valence-electron chi connectivity index (χ0n) is 11.0. The highest BCUT2D eigenvalue weighted by Gasteiger charge is 2.44. The van der Waals surface area contributed by atoms with E-state index in [1.54, 1.807) is 6.07 Å². The normalized spacial score (nSPS) is 21.4. The lowest BCUT2D eigenvalue weighted by atomic mass is 9.98. The number of rotatable bonds is 4. The van der Waals surface area contributed by atoms with Gasteiger partial charge in [-0.05, 0) is 12.1 Å². The van der Waals surface area contributed by atoms with Gasteiger partial charge >= 0.3 is 5.97 Å². The molecule has 7 heteroatoms. The number of hydrogen-bond donors (Lipinski definition) is 3. The fourth-order valence-electron chi connectivity index (χ4n) is 2.07. The number of carbonyl (C=O) groups is 2. The first-order chi connectivity index (χ1) is 9.48. The number of nitrogens with one attached hydrogen (secondary N) is 1. The maximum Gasteiger partial charge on any atom is 0.331 e. The van der Waals surface area contributed by atoms with Crippen LogP contribution in [-0.2, 0) is 9.53 Å². The van der Waals surface area contributed by atoms with Crippen LogP contribution in [0.1, 0.15) is 16.8 Å². The third-order valence-electron chi connectivity index (χ3n) is 3.25. The highest BCUT2D eigenvalue weighted by atomic mass is 16.5. The minimum absolute atomic E-state index is 0.0502. The van der Waals surface area contributed by atoms with Crippen molar-refractivity contribution in [3.63, 3.8) is 0 Å². The Morgan fingerprint density at radius 2 is 2.25 bits per heavy atom. The number of anilines is 1. The Balaban J connectivity index is 2.26. The monoisotopic (exact) mass is 280 g/mol. The van der Waals surface area contributed by atoms with Crippen molar-refractivity contribution >= 4 is 17.6 Å². The zero-order valence-corrected chi connectivity index (χ0v) is 11.0. The molecule has 1 aliphatic rings. The number of nitrogens with two attached hydrogens (primary N) is 1. The van der Waals surface area contributed by atoms with Crippen LogP contribution in [0.4, 0.5) is 5.69 Å². The van der Waals surface area contributed by atoms with E-state index < -0.39 is 17.4 Å². The van der Waals surface area contributed by atoms with Gasteiger partial charge in [-0.25, -0.2) is 4.79 Å². The molecule has 1 unspecified atom stereocenters. The van der Waals surface area contributed by atoms with Crippen LogP contribution in [0, 0.1) is 0 Å². The summed E-state index contributed by atoms with van der Waals surface area (Å²) in [6, 6.07) is 4.55. The van der Waals surface area contributed by atoms with Gasteiger partial charge < -0.3 is 25.6 Å². The van der Waals surface area contributed by atoms with Crippen LogP contribution in [-0.4, -0.2) is 42.8 Å². The molecule has 2 rings (SSSR count). The van der Waals surface area contributed by atoms with E-state index in [1.165, 1.54) is 19.2 Å². The van der Waals surface area contributed by atoms with E-state index in [9.17, 15) is 14.7 Å². The van der Waals surface area contributed by atoms with Crippen LogP contribution in [0.3, 0.4) is 0 Å². The molecule has 1 saturated heterocycles. The summed E-state index contributed by atoms with van der Waals surface area (Å²) in [4.78, 5) is 23.6. The Bertz CT molecular complexity index is 538. The van der Waals surface area contributed by atoms with Crippen molar-refractivity contribution < 1.29 is 24.2 Å². The van der Waals surface area contributed by atoms with Gasteiger partial charge in [0.15, 0.2) is 5.54 Å². The van der Waals surface area contributed by atoms with Crippen LogP contribution >= 0.6 is 0 Å². The predicted molar refractivity (Wildman–Crippen MR) is 70.7 cm³/mol. The first-order valence-electron chi connectivity index (χ1n) is 6.06. The van der Waals surface area contributed by atoms with Crippen LogP contribution in [0.5, 0.6) is 5.75 Å². The molecule has 1 atom stereocenters. The van der Waals surface area contributed by atoms with E-state index in [1.807, 2.05) is 0 Å². The number of ether oxygens (including phenoxy) is 2. The highest BCUT2D eigenvalue weighted by molar-refractivity contribution is 6.00. The van der Waals surface area contributed by atoms with Crippen molar-refractivity contribution in [2.75, 3.05) is 26.1 Å². The molecule has 1 fully saturated rings. The smallest absolute Gasteiger partial charge is 0.331 e. The minimum Gasteiger partial charge on any atom is -0.496 e. The summed E-state index contributed by atoms with van der Waals surface area (Å²) in [5, 5.41) is 11.8. The van der Waals surface area contributed by atoms with Crippen LogP contribution in [0.15, 0.2) is 18.2 Å². The van der Waals surface area contributed by atoms with Gasteiger partial charge in [-0.2, -0.15) is 0 Å². The molecule has 108 valence electrons. The largest absolute Gasteiger partial charge is 0.496 e. The topological polar surface area (TPSA) is 111 Å². The second-order valence-corrected chi connectivity index (χ2v) is 4.60. The molecule has 0 aliphatic carbocycles. The Kier molecular flexibility index (Phi) is 3.80. The molecule has 7 nitrogen and oxygen atoms in total. The lowest BCUT2D eigenvalue weighted by Crippen LogP contribution is -2.55. The molecule has 1 aromatic carbocycles. The minimum atomic E-state index is -1.39. The zero-order chi connectivity index (χ0) is 14.8. The molecule has 1 amide bonds. The van der Waals surface area contributed by atoms with E-state index in [2.05, 4.69) is 5.32 Å². The average molecular weight is 280 g/mol. The molecule has 1 heterocycles. The predicted octanol–water partition coefficient (Wildman–Crippen LogP) is 0.251. The maximum absolute atomic E-state index is 12.3. The summed E-state index contributed by atoms with van der Waals surface area (Å²) in [5.41, 5.74) is 4.91. The third-order valence-corrected chi connectivity index (χ3v) is 3.25. The van der Waals surface area contributed by atoms with E-state index in [0.717, 1.165) is 0 Å². The first-order valence-corrected chi connectivity index (χ1v) is 6.06. The summed E-state index contributed by atoms with van der Waals surface area (Å²) in [5.74, 6) is -1.35. The van der Waals surface area contributed by atoms with Crippen molar-refractivity contribution in [3.05, 3.63) is 23.8 Å². The molecule has 0 spiro atoms. The Hall–Kier alpha value is -2.28. The molecular formula is C13H16N2O5. The second kappa shape index (κ2) is 5.38. The molecular weight excluding hydrogens is 264 g/mol.